The van der Waals surface area contributed by atoms with Crippen LogP contribution in [0.15, 0.2) is 237 Å². The molecule has 68 heavy (non-hydrogen) atoms. The Balaban J connectivity index is 0.00000582. The summed E-state index contributed by atoms with van der Waals surface area (Å²) < 4.78 is 25.2. The molecular formula is C64H42IrN3. The molecule has 0 spiro atoms. The van der Waals surface area contributed by atoms with Gasteiger partial charge in [-0.25, -0.2) is 0 Å². The van der Waals surface area contributed by atoms with E-state index in [1.54, 1.807) is 24.7 Å². The molecule has 0 atom stereocenters. The van der Waals surface area contributed by atoms with Crippen LogP contribution < -0.4 is 0 Å². The summed E-state index contributed by atoms with van der Waals surface area (Å²) in [7, 11) is 0. The Morgan fingerprint density at radius 3 is 1.26 bits per heavy atom. The van der Waals surface area contributed by atoms with Gasteiger partial charge < -0.3 is 9.97 Å². The van der Waals surface area contributed by atoms with Crippen molar-refractivity contribution in [3.63, 3.8) is 0 Å². The summed E-state index contributed by atoms with van der Waals surface area (Å²) in [6, 6.07) is 82.7. The molecule has 0 unspecified atom stereocenters. The van der Waals surface area contributed by atoms with Crippen LogP contribution in [0, 0.1) is 25.1 Å². The van der Waals surface area contributed by atoms with Crippen LogP contribution >= 0.6 is 0 Å². The van der Waals surface area contributed by atoms with Crippen LogP contribution in [0.3, 0.4) is 0 Å². The van der Waals surface area contributed by atoms with Crippen molar-refractivity contribution in [2.75, 3.05) is 0 Å². The maximum atomic E-state index is 8.39. The van der Waals surface area contributed by atoms with Gasteiger partial charge in [0.25, 0.3) is 0 Å². The first-order valence-corrected chi connectivity index (χ1v) is 22.2. The second kappa shape index (κ2) is 19.8. The van der Waals surface area contributed by atoms with Crippen LogP contribution in [-0.2, 0) is 20.1 Å². The van der Waals surface area contributed by atoms with E-state index in [1.807, 2.05) is 79.0 Å². The van der Waals surface area contributed by atoms with E-state index < -0.39 is 6.85 Å². The number of benzene rings is 8. The number of nitrogens with zero attached hydrogens (tertiary/aromatic N) is 3. The molecule has 0 bridgehead atoms. The van der Waals surface area contributed by atoms with Crippen LogP contribution in [0.5, 0.6) is 0 Å². The average molecular weight is 1050 g/mol. The van der Waals surface area contributed by atoms with E-state index >= 15 is 0 Å². The average Bonchev–Trinajstić information content (AvgIpc) is 3.43. The zero-order chi connectivity index (χ0) is 47.4. The molecule has 4 heteroatoms. The van der Waals surface area contributed by atoms with Gasteiger partial charge in [-0.05, 0) is 93.2 Å². The van der Waals surface area contributed by atoms with Crippen LogP contribution in [0.4, 0.5) is 0 Å². The van der Waals surface area contributed by atoms with E-state index in [4.69, 9.17) is 9.10 Å². The topological polar surface area (TPSA) is 38.7 Å². The minimum Gasteiger partial charge on any atom is -0.305 e. The van der Waals surface area contributed by atoms with Crippen LogP contribution in [0.1, 0.15) is 9.68 Å². The minimum atomic E-state index is -2.33. The summed E-state index contributed by atoms with van der Waals surface area (Å²) in [4.78, 5) is 13.6. The van der Waals surface area contributed by atoms with Crippen molar-refractivity contribution < 1.29 is 24.2 Å². The van der Waals surface area contributed by atoms with E-state index in [2.05, 4.69) is 162 Å². The predicted octanol–water partition coefficient (Wildman–Crippen LogP) is 16.2. The first kappa shape index (κ1) is 40.2. The van der Waals surface area contributed by atoms with Crippen molar-refractivity contribution in [3.05, 3.63) is 261 Å². The third-order valence-electron chi connectivity index (χ3n) is 12.2. The van der Waals surface area contributed by atoms with E-state index in [0.29, 0.717) is 16.8 Å². The summed E-state index contributed by atoms with van der Waals surface area (Å²) in [5.41, 5.74) is 19.5. The van der Waals surface area contributed by atoms with Gasteiger partial charge in [-0.1, -0.05) is 172 Å². The van der Waals surface area contributed by atoms with Gasteiger partial charge in [0.1, 0.15) is 0 Å². The Morgan fingerprint density at radius 1 is 0.338 bits per heavy atom. The molecule has 3 heterocycles. The number of hydrogen-bond donors (Lipinski definition) is 0. The van der Waals surface area contributed by atoms with Crippen LogP contribution in [-0.4, -0.2) is 15.0 Å². The summed E-state index contributed by atoms with van der Waals surface area (Å²) in [6.45, 7) is -2.33. The minimum absolute atomic E-state index is 0. The third-order valence-corrected chi connectivity index (χ3v) is 12.2. The summed E-state index contributed by atoms with van der Waals surface area (Å²) in [6.07, 6.45) is 7.11. The first-order valence-electron chi connectivity index (χ1n) is 23.7. The first-order chi connectivity index (χ1) is 34.3. The number of aryl methyl sites for hydroxylation is 1. The molecule has 0 fully saturated rings. The fraction of sp³-hybridized carbons (Fsp3) is 0.0156. The summed E-state index contributed by atoms with van der Waals surface area (Å²) in [5.74, 6) is 0. The molecule has 8 aromatic carbocycles. The van der Waals surface area contributed by atoms with Gasteiger partial charge in [-0.3, -0.25) is 4.98 Å². The second-order valence-electron chi connectivity index (χ2n) is 16.3. The van der Waals surface area contributed by atoms with Crippen molar-refractivity contribution in [1.29, 1.82) is 0 Å². The van der Waals surface area contributed by atoms with E-state index in [9.17, 15) is 0 Å². The molecule has 11 rings (SSSR count). The van der Waals surface area contributed by atoms with E-state index in [0.717, 1.165) is 94.7 Å². The fourth-order valence-corrected chi connectivity index (χ4v) is 8.82. The number of rotatable bonds is 10. The Hall–Kier alpha value is -8.14. The summed E-state index contributed by atoms with van der Waals surface area (Å²) >= 11 is 0. The molecule has 0 aliphatic carbocycles. The molecule has 0 saturated heterocycles. The molecule has 3 nitrogen and oxygen atoms in total. The van der Waals surface area contributed by atoms with Gasteiger partial charge >= 0.3 is 20.1 Å². The van der Waals surface area contributed by atoms with Gasteiger partial charge in [-0.15, -0.1) is 89.5 Å². The van der Waals surface area contributed by atoms with Crippen LogP contribution in [0.2, 0.25) is 0 Å². The smallest absolute Gasteiger partial charge is 0.305 e. The molecule has 3 aromatic heterocycles. The standard InChI is InChI=1S/C64H42N3.Ir/c1-44-38-64(67-43-62(44)46-14-3-2-4-15-46)51-34-30-49(31-35-51)58-19-7-10-22-61(58)55-40-53(59-20-8-5-17-56(59)47-26-24-45(25-27-47)52-16-13-36-65-42-52)39-54(41-55)60-21-9-6-18-57(60)48-28-32-50(33-29-48)63-23-11-12-37-66-63;/h2-24,26-32,34,36-43H,1H3;/q-3;+3/i1D3;. The molecular weight excluding hydrogens is 1000 g/mol. The SMILES string of the molecule is [2H]C([2H])([2H])c1cc(-c2[c-]cc(-c3ccccc3-c3cc(-c4ccccc4-c4c[c-]c(-c5cccnc5)cc4)cc(-c4ccccc4-c4c[c-]c(-c5ccccn5)cc4)c3)cc2)ncc1-c1ccccc1.[Ir+3]. The van der Waals surface area contributed by atoms with Gasteiger partial charge in [0, 0.05) is 28.3 Å². The van der Waals surface area contributed by atoms with E-state index in [-0.39, 0.29) is 25.7 Å². The Kier molecular flexibility index (Phi) is 11.7. The molecule has 0 aliphatic heterocycles. The molecule has 11 aromatic rings. The Morgan fingerprint density at radius 2 is 0.809 bits per heavy atom. The van der Waals surface area contributed by atoms with Crippen molar-refractivity contribution in [2.45, 2.75) is 6.85 Å². The zero-order valence-corrected chi connectivity index (χ0v) is 39.1. The van der Waals surface area contributed by atoms with Crippen molar-refractivity contribution >= 4 is 0 Å². The van der Waals surface area contributed by atoms with E-state index in [1.165, 1.54) is 0 Å². The quantitative estimate of drug-likeness (QED) is 0.128. The summed E-state index contributed by atoms with van der Waals surface area (Å²) in [5, 5.41) is 0. The maximum Gasteiger partial charge on any atom is 3.00 e. The predicted molar refractivity (Wildman–Crippen MR) is 275 cm³/mol. The third kappa shape index (κ3) is 9.04. The van der Waals surface area contributed by atoms with Gasteiger partial charge in [-0.2, -0.15) is 0 Å². The monoisotopic (exact) mass is 1050 g/mol. The molecule has 0 saturated carbocycles. The Labute approximate surface area is 416 Å². The Bertz CT molecular complexity index is 3460. The molecule has 0 amide bonds. The van der Waals surface area contributed by atoms with Crippen molar-refractivity contribution in [2.24, 2.45) is 0 Å². The molecule has 0 radical (unpaired) electrons. The van der Waals surface area contributed by atoms with Crippen molar-refractivity contribution in [3.8, 4) is 112 Å². The maximum absolute atomic E-state index is 8.39. The number of pyridine rings is 3. The van der Waals surface area contributed by atoms with Gasteiger partial charge in [0.2, 0.25) is 0 Å². The van der Waals surface area contributed by atoms with Gasteiger partial charge in [0.15, 0.2) is 0 Å². The normalized spacial score (nSPS) is 11.7. The number of hydrogen-bond acceptors (Lipinski definition) is 3. The van der Waals surface area contributed by atoms with Gasteiger partial charge in [0.05, 0.1) is 0 Å². The zero-order valence-electron chi connectivity index (χ0n) is 39.7. The largest absolute Gasteiger partial charge is 3.00 e. The number of aromatic nitrogens is 3. The fourth-order valence-electron chi connectivity index (χ4n) is 8.82. The van der Waals surface area contributed by atoms with Crippen molar-refractivity contribution in [1.82, 2.24) is 15.0 Å². The molecule has 0 N–H and O–H groups in total. The molecule has 322 valence electrons. The second-order valence-corrected chi connectivity index (χ2v) is 16.3. The molecule has 0 aliphatic rings. The van der Waals surface area contributed by atoms with Crippen LogP contribution in [0.25, 0.3) is 112 Å².